The van der Waals surface area contributed by atoms with E-state index in [4.69, 9.17) is 5.11 Å². The topological polar surface area (TPSA) is 23.5 Å². The zero-order chi connectivity index (χ0) is 10.1. The Kier molecular flexibility index (Phi) is 8.46. The molecule has 1 saturated heterocycles. The van der Waals surface area contributed by atoms with Gasteiger partial charge in [-0.3, -0.25) is 0 Å². The lowest BCUT2D eigenvalue weighted by atomic mass is 9.93. The summed E-state index contributed by atoms with van der Waals surface area (Å²) in [7, 11) is 1.00. The SMILES string of the molecule is CCCC1CCN(CC)CC1.CO. The molecule has 2 nitrogen and oxygen atoms in total. The first-order valence-electron chi connectivity index (χ1n) is 5.53. The maximum atomic E-state index is 7.00. The van der Waals surface area contributed by atoms with E-state index < -0.39 is 0 Å². The van der Waals surface area contributed by atoms with Gasteiger partial charge in [0, 0.05) is 7.11 Å². The fourth-order valence-corrected chi connectivity index (χ4v) is 2.00. The third-order valence-electron chi connectivity index (χ3n) is 2.85. The van der Waals surface area contributed by atoms with Crippen LogP contribution >= 0.6 is 0 Å². The van der Waals surface area contributed by atoms with Crippen LogP contribution < -0.4 is 0 Å². The minimum atomic E-state index is 1.00. The highest BCUT2D eigenvalue weighted by Crippen LogP contribution is 2.20. The number of hydrogen-bond donors (Lipinski definition) is 1. The van der Waals surface area contributed by atoms with E-state index in [1.807, 2.05) is 0 Å². The normalized spacial score (nSPS) is 19.4. The number of aliphatic hydroxyl groups excluding tert-OH is 1. The fraction of sp³-hybridized carbons (Fsp3) is 1.00. The molecule has 0 bridgehead atoms. The van der Waals surface area contributed by atoms with Crippen molar-refractivity contribution in [2.45, 2.75) is 39.5 Å². The van der Waals surface area contributed by atoms with E-state index in [0.29, 0.717) is 0 Å². The van der Waals surface area contributed by atoms with Gasteiger partial charge in [0.25, 0.3) is 0 Å². The molecule has 0 amide bonds. The summed E-state index contributed by atoms with van der Waals surface area (Å²) < 4.78 is 0. The van der Waals surface area contributed by atoms with Crippen molar-refractivity contribution < 1.29 is 5.11 Å². The van der Waals surface area contributed by atoms with Gasteiger partial charge in [-0.2, -0.15) is 0 Å². The van der Waals surface area contributed by atoms with Crippen molar-refractivity contribution >= 4 is 0 Å². The third kappa shape index (κ3) is 5.27. The van der Waals surface area contributed by atoms with Crippen LogP contribution in [0.15, 0.2) is 0 Å². The summed E-state index contributed by atoms with van der Waals surface area (Å²) in [6.45, 7) is 8.51. The molecule has 0 aliphatic carbocycles. The summed E-state index contributed by atoms with van der Waals surface area (Å²) in [5.41, 5.74) is 0. The second-order valence-electron chi connectivity index (χ2n) is 3.67. The lowest BCUT2D eigenvalue weighted by molar-refractivity contribution is 0.186. The molecule has 13 heavy (non-hydrogen) atoms. The molecule has 1 aliphatic rings. The summed E-state index contributed by atoms with van der Waals surface area (Å²) in [5.74, 6) is 1.04. The summed E-state index contributed by atoms with van der Waals surface area (Å²) >= 11 is 0. The minimum Gasteiger partial charge on any atom is -0.400 e. The molecule has 0 atom stereocenters. The van der Waals surface area contributed by atoms with Crippen LogP contribution in [0.5, 0.6) is 0 Å². The molecule has 0 unspecified atom stereocenters. The van der Waals surface area contributed by atoms with Gasteiger partial charge in [-0.1, -0.05) is 26.7 Å². The Labute approximate surface area is 82.9 Å². The van der Waals surface area contributed by atoms with Crippen LogP contribution in [0, 0.1) is 5.92 Å². The number of hydrogen-bond acceptors (Lipinski definition) is 2. The summed E-state index contributed by atoms with van der Waals surface area (Å²) in [6.07, 6.45) is 5.72. The van der Waals surface area contributed by atoms with Gasteiger partial charge in [0.05, 0.1) is 0 Å². The van der Waals surface area contributed by atoms with Gasteiger partial charge in [0.1, 0.15) is 0 Å². The molecule has 0 aromatic carbocycles. The highest BCUT2D eigenvalue weighted by Gasteiger charge is 2.16. The van der Waals surface area contributed by atoms with Crippen LogP contribution in [0.2, 0.25) is 0 Å². The standard InChI is InChI=1S/C10H21N.CH4O/c1-3-5-10-6-8-11(4-2)9-7-10;1-2/h10H,3-9H2,1-2H3;2H,1H3. The monoisotopic (exact) mass is 187 g/mol. The third-order valence-corrected chi connectivity index (χ3v) is 2.85. The van der Waals surface area contributed by atoms with E-state index in [0.717, 1.165) is 13.0 Å². The van der Waals surface area contributed by atoms with Gasteiger partial charge in [0.15, 0.2) is 0 Å². The van der Waals surface area contributed by atoms with E-state index in [9.17, 15) is 0 Å². The molecule has 0 aromatic rings. The average Bonchev–Trinajstić information content (AvgIpc) is 2.23. The molecule has 0 saturated carbocycles. The molecule has 1 rings (SSSR count). The maximum Gasteiger partial charge on any atom is 0.0319 e. The van der Waals surface area contributed by atoms with Crippen molar-refractivity contribution in [1.82, 2.24) is 4.90 Å². The first kappa shape index (κ1) is 12.9. The number of aliphatic hydroxyl groups is 1. The number of piperidine rings is 1. The van der Waals surface area contributed by atoms with Crippen molar-refractivity contribution in [1.29, 1.82) is 0 Å². The van der Waals surface area contributed by atoms with Crippen LogP contribution in [0.1, 0.15) is 39.5 Å². The van der Waals surface area contributed by atoms with Gasteiger partial charge in [-0.05, 0) is 38.4 Å². The Bertz CT molecular complexity index is 98.3. The lowest BCUT2D eigenvalue weighted by Gasteiger charge is -2.30. The van der Waals surface area contributed by atoms with Crippen molar-refractivity contribution in [2.75, 3.05) is 26.7 Å². The molecule has 1 aliphatic heterocycles. The van der Waals surface area contributed by atoms with E-state index >= 15 is 0 Å². The summed E-state index contributed by atoms with van der Waals surface area (Å²) in [5, 5.41) is 7.00. The quantitative estimate of drug-likeness (QED) is 0.731. The predicted octanol–water partition coefficient (Wildman–Crippen LogP) is 2.13. The smallest absolute Gasteiger partial charge is 0.0319 e. The number of likely N-dealkylation sites (tertiary alicyclic amines) is 1. The second kappa shape index (κ2) is 8.52. The largest absolute Gasteiger partial charge is 0.400 e. The number of nitrogens with zero attached hydrogens (tertiary/aromatic N) is 1. The summed E-state index contributed by atoms with van der Waals surface area (Å²) in [4.78, 5) is 2.56. The molecule has 0 aromatic heterocycles. The molecule has 1 N–H and O–H groups in total. The Hall–Kier alpha value is -0.0800. The van der Waals surface area contributed by atoms with E-state index in [2.05, 4.69) is 18.7 Å². The zero-order valence-electron chi connectivity index (χ0n) is 9.42. The number of rotatable bonds is 3. The Balaban J connectivity index is 0.000000671. The molecular weight excluding hydrogens is 162 g/mol. The molecule has 0 spiro atoms. The van der Waals surface area contributed by atoms with Crippen LogP contribution in [-0.2, 0) is 0 Å². The first-order chi connectivity index (χ1) is 6.36. The van der Waals surface area contributed by atoms with Crippen LogP contribution in [0.25, 0.3) is 0 Å². The Morgan fingerprint density at radius 2 is 1.69 bits per heavy atom. The molecule has 1 heterocycles. The van der Waals surface area contributed by atoms with Crippen LogP contribution in [-0.4, -0.2) is 36.8 Å². The highest BCUT2D eigenvalue weighted by atomic mass is 16.2. The highest BCUT2D eigenvalue weighted by molar-refractivity contribution is 4.70. The molecular formula is C11H25NO. The Morgan fingerprint density at radius 1 is 1.15 bits per heavy atom. The molecule has 2 heteroatoms. The van der Waals surface area contributed by atoms with Crippen molar-refractivity contribution in [3.05, 3.63) is 0 Å². The van der Waals surface area contributed by atoms with Gasteiger partial charge in [-0.25, -0.2) is 0 Å². The molecule has 0 radical (unpaired) electrons. The first-order valence-corrected chi connectivity index (χ1v) is 5.53. The lowest BCUT2D eigenvalue weighted by Crippen LogP contribution is -2.33. The van der Waals surface area contributed by atoms with E-state index in [-0.39, 0.29) is 0 Å². The van der Waals surface area contributed by atoms with Gasteiger partial charge < -0.3 is 10.0 Å². The maximum absolute atomic E-state index is 7.00. The summed E-state index contributed by atoms with van der Waals surface area (Å²) in [6, 6.07) is 0. The van der Waals surface area contributed by atoms with Gasteiger partial charge in [-0.15, -0.1) is 0 Å². The molecule has 80 valence electrons. The van der Waals surface area contributed by atoms with E-state index in [1.54, 1.807) is 0 Å². The molecule has 1 fully saturated rings. The minimum absolute atomic E-state index is 1.00. The van der Waals surface area contributed by atoms with Gasteiger partial charge >= 0.3 is 0 Å². The van der Waals surface area contributed by atoms with E-state index in [1.165, 1.54) is 45.3 Å². The van der Waals surface area contributed by atoms with Crippen LogP contribution in [0.3, 0.4) is 0 Å². The zero-order valence-corrected chi connectivity index (χ0v) is 9.42. The fourth-order valence-electron chi connectivity index (χ4n) is 2.00. The van der Waals surface area contributed by atoms with Gasteiger partial charge in [0.2, 0.25) is 0 Å². The average molecular weight is 187 g/mol. The Morgan fingerprint density at radius 3 is 2.08 bits per heavy atom. The van der Waals surface area contributed by atoms with Crippen molar-refractivity contribution in [2.24, 2.45) is 5.92 Å². The van der Waals surface area contributed by atoms with Crippen LogP contribution in [0.4, 0.5) is 0 Å². The second-order valence-corrected chi connectivity index (χ2v) is 3.67. The van der Waals surface area contributed by atoms with Crippen molar-refractivity contribution in [3.8, 4) is 0 Å². The predicted molar refractivity (Wildman–Crippen MR) is 57.9 cm³/mol. The van der Waals surface area contributed by atoms with Crippen molar-refractivity contribution in [3.63, 3.8) is 0 Å².